The van der Waals surface area contributed by atoms with Crippen LogP contribution in [0.2, 0.25) is 0 Å². The predicted molar refractivity (Wildman–Crippen MR) is 111 cm³/mol. The van der Waals surface area contributed by atoms with E-state index in [-0.39, 0.29) is 30.1 Å². The van der Waals surface area contributed by atoms with E-state index in [1.54, 1.807) is 11.3 Å². The van der Waals surface area contributed by atoms with E-state index in [0.29, 0.717) is 13.1 Å². The minimum atomic E-state index is -0.463. The number of thiophene rings is 1. The molecule has 1 amide bonds. The minimum Gasteiger partial charge on any atom is -0.444 e. The van der Waals surface area contributed by atoms with E-state index in [1.165, 1.54) is 4.88 Å². The normalized spacial score (nSPS) is 11.4. The molecule has 0 unspecified atom stereocenters. The molecule has 0 aliphatic carbocycles. The van der Waals surface area contributed by atoms with Crippen LogP contribution in [0.3, 0.4) is 0 Å². The number of hydrogen-bond donors (Lipinski definition) is 3. The van der Waals surface area contributed by atoms with Gasteiger partial charge in [0.25, 0.3) is 0 Å². The first-order chi connectivity index (χ1) is 10.9. The maximum atomic E-state index is 11.5. The van der Waals surface area contributed by atoms with Crippen LogP contribution in [0.1, 0.15) is 39.0 Å². The summed E-state index contributed by atoms with van der Waals surface area (Å²) in [5.41, 5.74) is -0.463. The van der Waals surface area contributed by atoms with Gasteiger partial charge in [-0.05, 0) is 45.6 Å². The average Bonchev–Trinajstić information content (AvgIpc) is 2.95. The second kappa shape index (κ2) is 12.3. The van der Waals surface area contributed by atoms with Crippen LogP contribution in [0.15, 0.2) is 22.5 Å². The van der Waals surface area contributed by atoms with Gasteiger partial charge in [-0.25, -0.2) is 9.79 Å². The molecule has 0 aromatic carbocycles. The largest absolute Gasteiger partial charge is 0.444 e. The Morgan fingerprint density at radius 2 is 1.96 bits per heavy atom. The molecule has 0 saturated carbocycles. The van der Waals surface area contributed by atoms with Gasteiger partial charge in [0.15, 0.2) is 5.96 Å². The standard InChI is InChI=1S/C16H28N4O2S.HI/c1-5-17-14(20-12-13-8-6-11-23-13)18-9-7-10-19-15(21)22-16(2,3)4;/h6,8,11H,5,7,9-10,12H2,1-4H3,(H,19,21)(H2,17,18,20);1H. The lowest BCUT2D eigenvalue weighted by molar-refractivity contribution is 0.0527. The van der Waals surface area contributed by atoms with Gasteiger partial charge in [0.05, 0.1) is 6.54 Å². The lowest BCUT2D eigenvalue weighted by atomic mass is 10.2. The van der Waals surface area contributed by atoms with E-state index < -0.39 is 5.60 Å². The minimum absolute atomic E-state index is 0. The summed E-state index contributed by atoms with van der Waals surface area (Å²) in [6.45, 7) is 10.4. The molecule has 24 heavy (non-hydrogen) atoms. The van der Waals surface area contributed by atoms with Crippen molar-refractivity contribution in [2.45, 2.75) is 46.3 Å². The molecule has 6 nitrogen and oxygen atoms in total. The molecule has 1 aromatic heterocycles. The summed E-state index contributed by atoms with van der Waals surface area (Å²) in [6.07, 6.45) is 0.415. The first kappa shape index (κ1) is 23.0. The summed E-state index contributed by atoms with van der Waals surface area (Å²) in [5.74, 6) is 0.790. The number of carbonyl (C=O) groups is 1. The summed E-state index contributed by atoms with van der Waals surface area (Å²) < 4.78 is 5.18. The van der Waals surface area contributed by atoms with Gasteiger partial charge in [-0.2, -0.15) is 0 Å². The van der Waals surface area contributed by atoms with Crippen LogP contribution in [0.25, 0.3) is 0 Å². The van der Waals surface area contributed by atoms with Crippen LogP contribution in [0.4, 0.5) is 4.79 Å². The number of ether oxygens (including phenoxy) is 1. The number of amides is 1. The molecule has 0 atom stereocenters. The van der Waals surface area contributed by atoms with Gasteiger partial charge in [0.1, 0.15) is 5.60 Å². The summed E-state index contributed by atoms with van der Waals surface area (Å²) in [4.78, 5) is 17.3. The van der Waals surface area contributed by atoms with Gasteiger partial charge in [-0.1, -0.05) is 6.07 Å². The Labute approximate surface area is 165 Å². The molecule has 0 saturated heterocycles. The van der Waals surface area contributed by atoms with Gasteiger partial charge < -0.3 is 20.7 Å². The number of carbonyl (C=O) groups excluding carboxylic acids is 1. The van der Waals surface area contributed by atoms with Gasteiger partial charge in [-0.15, -0.1) is 35.3 Å². The Morgan fingerprint density at radius 3 is 2.54 bits per heavy atom. The fraction of sp³-hybridized carbons (Fsp3) is 0.625. The summed E-state index contributed by atoms with van der Waals surface area (Å²) in [5, 5.41) is 11.3. The van der Waals surface area contributed by atoms with Crippen molar-refractivity contribution in [2.75, 3.05) is 19.6 Å². The first-order valence-corrected chi connectivity index (χ1v) is 8.80. The molecular weight excluding hydrogens is 439 g/mol. The van der Waals surface area contributed by atoms with E-state index in [2.05, 4.69) is 27.0 Å². The summed E-state index contributed by atoms with van der Waals surface area (Å²) >= 11 is 1.70. The molecule has 3 N–H and O–H groups in total. The fourth-order valence-corrected chi connectivity index (χ4v) is 2.33. The molecule has 0 aliphatic heterocycles. The van der Waals surface area contributed by atoms with E-state index in [1.807, 2.05) is 39.1 Å². The van der Waals surface area contributed by atoms with Crippen LogP contribution in [-0.4, -0.2) is 37.3 Å². The van der Waals surface area contributed by atoms with E-state index in [0.717, 1.165) is 25.5 Å². The first-order valence-electron chi connectivity index (χ1n) is 7.92. The molecule has 1 heterocycles. The number of halogens is 1. The van der Waals surface area contributed by atoms with Crippen molar-refractivity contribution >= 4 is 47.4 Å². The third kappa shape index (κ3) is 11.5. The number of nitrogens with zero attached hydrogens (tertiary/aromatic N) is 1. The number of aliphatic imine (C=N–C) groups is 1. The topological polar surface area (TPSA) is 74.8 Å². The number of alkyl carbamates (subject to hydrolysis) is 1. The zero-order chi connectivity index (χ0) is 17.1. The molecule has 8 heteroatoms. The Bertz CT molecular complexity index is 487. The van der Waals surface area contributed by atoms with Crippen molar-refractivity contribution in [3.63, 3.8) is 0 Å². The number of nitrogens with one attached hydrogen (secondary N) is 3. The molecule has 0 aliphatic rings. The van der Waals surface area contributed by atoms with Crippen molar-refractivity contribution in [1.82, 2.24) is 16.0 Å². The predicted octanol–water partition coefficient (Wildman–Crippen LogP) is 3.34. The molecule has 0 radical (unpaired) electrons. The van der Waals surface area contributed by atoms with Crippen LogP contribution >= 0.6 is 35.3 Å². The van der Waals surface area contributed by atoms with Crippen molar-refractivity contribution < 1.29 is 9.53 Å². The Hall–Kier alpha value is -1.03. The van der Waals surface area contributed by atoms with Gasteiger partial charge >= 0.3 is 6.09 Å². The number of rotatable bonds is 7. The Kier molecular flexibility index (Phi) is 11.8. The SMILES string of the molecule is CCNC(=NCc1cccs1)NCCCNC(=O)OC(C)(C)C.I. The molecule has 1 rings (SSSR count). The molecule has 0 fully saturated rings. The Balaban J connectivity index is 0.00000529. The molecule has 1 aromatic rings. The highest BCUT2D eigenvalue weighted by atomic mass is 127. The van der Waals surface area contributed by atoms with Crippen LogP contribution in [0.5, 0.6) is 0 Å². The average molecular weight is 468 g/mol. The van der Waals surface area contributed by atoms with Gasteiger partial charge in [-0.3, -0.25) is 0 Å². The van der Waals surface area contributed by atoms with Crippen LogP contribution in [-0.2, 0) is 11.3 Å². The second-order valence-corrected chi connectivity index (χ2v) is 7.02. The quantitative estimate of drug-likeness (QED) is 0.249. The third-order valence-electron chi connectivity index (χ3n) is 2.63. The van der Waals surface area contributed by atoms with E-state index in [4.69, 9.17) is 4.74 Å². The maximum Gasteiger partial charge on any atom is 0.407 e. The summed E-state index contributed by atoms with van der Waals surface area (Å²) in [6, 6.07) is 4.10. The highest BCUT2D eigenvalue weighted by Gasteiger charge is 2.15. The lowest BCUT2D eigenvalue weighted by Gasteiger charge is -2.19. The lowest BCUT2D eigenvalue weighted by Crippen LogP contribution is -2.39. The number of guanidine groups is 1. The Morgan fingerprint density at radius 1 is 1.25 bits per heavy atom. The monoisotopic (exact) mass is 468 g/mol. The number of hydrogen-bond acceptors (Lipinski definition) is 4. The van der Waals surface area contributed by atoms with E-state index in [9.17, 15) is 4.79 Å². The van der Waals surface area contributed by atoms with Crippen LogP contribution < -0.4 is 16.0 Å². The van der Waals surface area contributed by atoms with Crippen molar-refractivity contribution in [3.8, 4) is 0 Å². The van der Waals surface area contributed by atoms with Crippen LogP contribution in [0, 0.1) is 0 Å². The van der Waals surface area contributed by atoms with Gasteiger partial charge in [0, 0.05) is 24.5 Å². The highest BCUT2D eigenvalue weighted by molar-refractivity contribution is 14.0. The highest BCUT2D eigenvalue weighted by Crippen LogP contribution is 2.09. The summed E-state index contributed by atoms with van der Waals surface area (Å²) in [7, 11) is 0. The fourth-order valence-electron chi connectivity index (χ4n) is 1.70. The van der Waals surface area contributed by atoms with Crippen molar-refractivity contribution in [2.24, 2.45) is 4.99 Å². The molecule has 0 spiro atoms. The maximum absolute atomic E-state index is 11.5. The molecular formula is C16H29IN4O2S. The van der Waals surface area contributed by atoms with Crippen molar-refractivity contribution in [3.05, 3.63) is 22.4 Å². The zero-order valence-corrected chi connectivity index (χ0v) is 18.0. The second-order valence-electron chi connectivity index (χ2n) is 5.98. The molecule has 0 bridgehead atoms. The third-order valence-corrected chi connectivity index (χ3v) is 3.49. The zero-order valence-electron chi connectivity index (χ0n) is 14.8. The molecule has 138 valence electrons. The van der Waals surface area contributed by atoms with Gasteiger partial charge in [0.2, 0.25) is 0 Å². The smallest absolute Gasteiger partial charge is 0.407 e. The van der Waals surface area contributed by atoms with Crippen molar-refractivity contribution in [1.29, 1.82) is 0 Å². The van der Waals surface area contributed by atoms with E-state index >= 15 is 0 Å².